The van der Waals surface area contributed by atoms with Gasteiger partial charge in [-0.3, -0.25) is 25.0 Å². The Bertz CT molecular complexity index is 926. The molecule has 0 aliphatic rings. The van der Waals surface area contributed by atoms with Crippen LogP contribution in [0.4, 0.5) is 0 Å². The van der Waals surface area contributed by atoms with Gasteiger partial charge in [-0.15, -0.1) is 4.83 Å². The van der Waals surface area contributed by atoms with E-state index in [2.05, 4.69) is 9.97 Å². The third-order valence-electron chi connectivity index (χ3n) is 2.59. The van der Waals surface area contributed by atoms with Crippen LogP contribution in [0.1, 0.15) is 16.1 Å². The smallest absolute Gasteiger partial charge is 0.310 e. The van der Waals surface area contributed by atoms with Crippen LogP contribution in [-0.4, -0.2) is 88.4 Å². The molecule has 2 rings (SSSR count). The molecule has 4 N–H and O–H groups in total. The first kappa shape index (κ1) is 23.2. The summed E-state index contributed by atoms with van der Waals surface area (Å²) in [6.07, 6.45) is 2.72. The number of hydrogen-bond donors (Lipinski definition) is 4. The van der Waals surface area contributed by atoms with E-state index in [1.54, 1.807) is 9.82 Å². The zero-order valence-corrected chi connectivity index (χ0v) is 18.0. The molecule has 1 amide bonds. The summed E-state index contributed by atoms with van der Waals surface area (Å²) in [4.78, 5) is 43.1. The van der Waals surface area contributed by atoms with Gasteiger partial charge in [0.05, 0.1) is 0 Å². The minimum absolute atomic E-state index is 0. The van der Waals surface area contributed by atoms with E-state index in [1.165, 1.54) is 31.5 Å². The molecule has 2 radical (unpaired) electrons. The number of aryl methyl sites for hydroxylation is 1. The molecule has 0 aliphatic carbocycles. The summed E-state index contributed by atoms with van der Waals surface area (Å²) < 4.78 is 24.1. The van der Waals surface area contributed by atoms with E-state index in [0.29, 0.717) is 0 Å². The Morgan fingerprint density at radius 2 is 1.71 bits per heavy atom. The number of aromatic nitrogens is 3. The predicted molar refractivity (Wildman–Crippen MR) is 86.0 cm³/mol. The summed E-state index contributed by atoms with van der Waals surface area (Å²) in [6.45, 7) is 1.25. The van der Waals surface area contributed by atoms with Gasteiger partial charge in [0, 0.05) is 82.8 Å². The van der Waals surface area contributed by atoms with Crippen LogP contribution in [0.5, 0.6) is 0 Å². The number of carbonyl (C=O) groups excluding carboxylic acids is 1. The zero-order chi connectivity index (χ0) is 16.3. The van der Waals surface area contributed by atoms with E-state index in [0.717, 1.165) is 0 Å². The number of nitrogens with zero attached hydrogens (tertiary/aromatic N) is 1. The molecule has 24 heavy (non-hydrogen) atoms. The Labute approximate surface area is 180 Å². The number of pyridine rings is 1. The van der Waals surface area contributed by atoms with Crippen LogP contribution in [-0.2, 0) is 10.0 Å². The zero-order valence-electron chi connectivity index (χ0n) is 13.2. The molecule has 2 aromatic rings. The second-order valence-corrected chi connectivity index (χ2v) is 5.78. The molecule has 0 fully saturated rings. The van der Waals surface area contributed by atoms with Crippen molar-refractivity contribution < 1.29 is 13.2 Å². The van der Waals surface area contributed by atoms with Gasteiger partial charge in [0.2, 0.25) is 0 Å². The van der Waals surface area contributed by atoms with Crippen molar-refractivity contribution in [1.29, 1.82) is 0 Å². The van der Waals surface area contributed by atoms with Crippen molar-refractivity contribution >= 4 is 75.0 Å². The fourth-order valence-electron chi connectivity index (χ4n) is 1.65. The summed E-state index contributed by atoms with van der Waals surface area (Å²) in [6, 6.07) is 2.75. The van der Waals surface area contributed by atoms with Crippen molar-refractivity contribution in [3.05, 3.63) is 56.6 Å². The number of amides is 1. The first-order chi connectivity index (χ1) is 10.3. The van der Waals surface area contributed by atoms with Crippen molar-refractivity contribution in [2.75, 3.05) is 0 Å². The normalized spacial score (nSPS) is 10.2. The third kappa shape index (κ3) is 5.63. The molecule has 0 saturated heterocycles. The fraction of sp³-hybridized carbons (Fsp3) is 0.0909. The molecule has 0 aromatic carbocycles. The van der Waals surface area contributed by atoms with Gasteiger partial charge in [0.25, 0.3) is 21.5 Å². The topological polar surface area (TPSA) is 154 Å². The quantitative estimate of drug-likeness (QED) is 0.348. The van der Waals surface area contributed by atoms with E-state index in [-0.39, 0.29) is 70.4 Å². The van der Waals surface area contributed by atoms with Crippen LogP contribution in [0.3, 0.4) is 0 Å². The second kappa shape index (κ2) is 9.63. The van der Waals surface area contributed by atoms with Crippen molar-refractivity contribution in [2.45, 2.75) is 11.8 Å². The number of H-pyrrole nitrogens is 2. The van der Waals surface area contributed by atoms with Gasteiger partial charge in [-0.1, -0.05) is 0 Å². The molecule has 2 heterocycles. The number of sulfonamides is 1. The molecule has 0 saturated carbocycles. The number of nitrogens with one attached hydrogen (secondary N) is 4. The first-order valence-corrected chi connectivity index (χ1v) is 7.35. The Morgan fingerprint density at radius 1 is 1.12 bits per heavy atom. The summed E-state index contributed by atoms with van der Waals surface area (Å²) in [5.74, 6) is -0.732. The van der Waals surface area contributed by atoms with E-state index in [1.807, 2.05) is 5.43 Å². The van der Waals surface area contributed by atoms with E-state index < -0.39 is 32.1 Å². The van der Waals surface area contributed by atoms with Crippen LogP contribution in [0.2, 0.25) is 0 Å². The Hall–Kier alpha value is -0.790. The van der Waals surface area contributed by atoms with E-state index >= 15 is 0 Å². The third-order valence-corrected chi connectivity index (χ3v) is 3.98. The summed E-state index contributed by atoms with van der Waals surface area (Å²) >= 11 is 0. The SMILES string of the molecule is Cc1[nH]c(=O)[nH]c(=O)c1S(=O)(=O)NNC(=O)c1ccncc1.[Na].[Na]. The molecular weight excluding hydrogens is 360 g/mol. The minimum atomic E-state index is -4.35. The summed E-state index contributed by atoms with van der Waals surface area (Å²) in [7, 11) is -4.35. The van der Waals surface area contributed by atoms with Crippen LogP contribution >= 0.6 is 0 Å². The average molecular weight is 371 g/mol. The van der Waals surface area contributed by atoms with Crippen molar-refractivity contribution in [3.8, 4) is 0 Å². The number of aromatic amines is 2. The molecule has 0 unspecified atom stereocenters. The Kier molecular flexibility index (Phi) is 9.31. The monoisotopic (exact) mass is 371 g/mol. The first-order valence-electron chi connectivity index (χ1n) is 5.86. The number of hydrazine groups is 1. The predicted octanol–water partition coefficient (Wildman–Crippen LogP) is -2.37. The number of rotatable bonds is 4. The number of carbonyl (C=O) groups is 1. The van der Waals surface area contributed by atoms with Gasteiger partial charge < -0.3 is 4.98 Å². The maximum atomic E-state index is 12.0. The molecule has 0 aliphatic heterocycles. The molecule has 10 nitrogen and oxygen atoms in total. The molecule has 2 aromatic heterocycles. The van der Waals surface area contributed by atoms with Gasteiger partial charge in [-0.25, -0.2) is 13.2 Å². The van der Waals surface area contributed by atoms with Crippen molar-refractivity contribution in [3.63, 3.8) is 0 Å². The summed E-state index contributed by atoms with van der Waals surface area (Å²) in [5, 5.41) is 0. The summed E-state index contributed by atoms with van der Waals surface area (Å²) in [5.41, 5.74) is 0.0530. The van der Waals surface area contributed by atoms with E-state index in [9.17, 15) is 22.8 Å². The van der Waals surface area contributed by atoms with Crippen molar-refractivity contribution in [1.82, 2.24) is 25.2 Å². The molecule has 118 valence electrons. The van der Waals surface area contributed by atoms with Gasteiger partial charge in [-0.05, 0) is 19.1 Å². The molecule has 0 spiro atoms. The molecular formula is C11H11N5Na2O5S. The fourth-order valence-corrected chi connectivity index (χ4v) is 2.73. The standard InChI is InChI=1S/C11H11N5O5S.2Na/c1-6-8(10(18)14-11(19)13-6)22(20,21)16-15-9(17)7-2-4-12-5-3-7;;/h2-5,16H,1H3,(H,15,17)(H2,13,14,18,19);;. The van der Waals surface area contributed by atoms with E-state index in [4.69, 9.17) is 0 Å². The largest absolute Gasteiger partial charge is 0.325 e. The molecule has 13 heteroatoms. The molecule has 0 bridgehead atoms. The van der Waals surface area contributed by atoms with Gasteiger partial charge >= 0.3 is 5.69 Å². The molecule has 0 atom stereocenters. The van der Waals surface area contributed by atoms with Crippen LogP contribution in [0.15, 0.2) is 39.0 Å². The van der Waals surface area contributed by atoms with Gasteiger partial charge in [0.15, 0.2) is 4.90 Å². The number of hydrogen-bond acceptors (Lipinski definition) is 6. The van der Waals surface area contributed by atoms with Gasteiger partial charge in [0.1, 0.15) is 0 Å². The van der Waals surface area contributed by atoms with Gasteiger partial charge in [-0.2, -0.15) is 0 Å². The Morgan fingerprint density at radius 3 is 2.25 bits per heavy atom. The second-order valence-electron chi connectivity index (χ2n) is 4.16. The van der Waals surface area contributed by atoms with Crippen LogP contribution in [0.25, 0.3) is 0 Å². The van der Waals surface area contributed by atoms with Crippen LogP contribution < -0.4 is 21.5 Å². The average Bonchev–Trinajstić information content (AvgIpc) is 2.44. The Balaban J connectivity index is 0.00000264. The minimum Gasteiger partial charge on any atom is -0.310 e. The van der Waals surface area contributed by atoms with Crippen LogP contribution in [0, 0.1) is 6.92 Å². The maximum Gasteiger partial charge on any atom is 0.325 e. The van der Waals surface area contributed by atoms with Crippen molar-refractivity contribution in [2.24, 2.45) is 0 Å². The maximum absolute atomic E-state index is 12.0.